The number of anilines is 2. The van der Waals surface area contributed by atoms with Gasteiger partial charge in [-0.1, -0.05) is 72.8 Å². The second kappa shape index (κ2) is 8.82. The lowest BCUT2D eigenvalue weighted by molar-refractivity contribution is 0.311. The molecule has 162 valence electrons. The molecule has 0 heterocycles. The van der Waals surface area contributed by atoms with Gasteiger partial charge in [-0.15, -0.1) is 0 Å². The predicted molar refractivity (Wildman–Crippen MR) is 135 cm³/mol. The van der Waals surface area contributed by atoms with Crippen molar-refractivity contribution in [3.8, 4) is 0 Å². The quantitative estimate of drug-likeness (QED) is 0.183. The van der Waals surface area contributed by atoms with Crippen molar-refractivity contribution in [1.29, 1.82) is 0 Å². The van der Waals surface area contributed by atoms with Crippen molar-refractivity contribution in [3.63, 3.8) is 0 Å². The van der Waals surface area contributed by atoms with Crippen LogP contribution in [-0.2, 0) is 0 Å². The molecule has 2 unspecified atom stereocenters. The lowest BCUT2D eigenvalue weighted by atomic mass is 9.90. The summed E-state index contributed by atoms with van der Waals surface area (Å²) in [6.07, 6.45) is 8.03. The van der Waals surface area contributed by atoms with Gasteiger partial charge in [-0.25, -0.2) is 5.90 Å². The predicted octanol–water partition coefficient (Wildman–Crippen LogP) is 4.23. The molecule has 6 nitrogen and oxygen atoms in total. The Balaban J connectivity index is 0.000000142. The number of benzene rings is 4. The van der Waals surface area contributed by atoms with E-state index in [1.54, 1.807) is 0 Å². The normalized spacial score (nSPS) is 17.4. The Hall–Kier alpha value is -3.68. The summed E-state index contributed by atoms with van der Waals surface area (Å²) in [6.45, 7) is 0. The maximum absolute atomic E-state index is 6.50. The Morgan fingerprint density at radius 1 is 0.562 bits per heavy atom. The fourth-order valence-electron chi connectivity index (χ4n) is 4.43. The highest BCUT2D eigenvalue weighted by molar-refractivity contribution is 6.00. The van der Waals surface area contributed by atoms with E-state index in [0.717, 1.165) is 33.6 Å². The third kappa shape index (κ3) is 3.62. The first-order valence-corrected chi connectivity index (χ1v) is 10.3. The molecule has 11 N–H and O–H groups in total. The standard InChI is InChI=1S/2C13H12N2.H3NO/c2*14-11-6-4-8-2-1-3-9-12(15)7-5-10(11)13(8)9;1-2/h2*1-7,12H,14-15H2;2H,1H2. The van der Waals surface area contributed by atoms with Crippen molar-refractivity contribution >= 4 is 45.1 Å². The Morgan fingerprint density at radius 3 is 1.38 bits per heavy atom. The summed E-state index contributed by atoms with van der Waals surface area (Å²) >= 11 is 0. The van der Waals surface area contributed by atoms with Gasteiger partial charge in [-0.05, 0) is 44.8 Å². The smallest absolute Gasteiger partial charge is 0.0490 e. The highest BCUT2D eigenvalue weighted by atomic mass is 16.4. The molecule has 0 bridgehead atoms. The number of hydrogen-bond acceptors (Lipinski definition) is 6. The number of rotatable bonds is 0. The van der Waals surface area contributed by atoms with Crippen LogP contribution in [0.3, 0.4) is 0 Å². The van der Waals surface area contributed by atoms with Crippen LogP contribution in [0.4, 0.5) is 11.4 Å². The molecule has 0 aromatic heterocycles. The fourth-order valence-corrected chi connectivity index (χ4v) is 4.43. The van der Waals surface area contributed by atoms with Crippen LogP contribution < -0.4 is 28.8 Å². The first-order chi connectivity index (χ1) is 15.5. The van der Waals surface area contributed by atoms with Crippen LogP contribution in [0.2, 0.25) is 0 Å². The van der Waals surface area contributed by atoms with Gasteiger partial charge in [0, 0.05) is 34.6 Å². The summed E-state index contributed by atoms with van der Waals surface area (Å²) in [4.78, 5) is 0. The molecule has 2 atom stereocenters. The molecule has 0 fully saturated rings. The van der Waals surface area contributed by atoms with Crippen molar-refractivity contribution in [2.45, 2.75) is 12.1 Å². The van der Waals surface area contributed by atoms with Crippen LogP contribution in [-0.4, -0.2) is 5.21 Å². The van der Waals surface area contributed by atoms with Gasteiger partial charge in [-0.2, -0.15) is 0 Å². The van der Waals surface area contributed by atoms with Gasteiger partial charge in [0.25, 0.3) is 0 Å². The molecular formula is C26H27N5O. The van der Waals surface area contributed by atoms with E-state index in [1.165, 1.54) is 21.5 Å². The molecule has 6 heteroatoms. The Labute approximate surface area is 186 Å². The first kappa shape index (κ1) is 21.5. The van der Waals surface area contributed by atoms with E-state index in [2.05, 4.69) is 30.2 Å². The van der Waals surface area contributed by atoms with E-state index < -0.39 is 0 Å². The lowest BCUT2D eigenvalue weighted by Crippen LogP contribution is -2.11. The average molecular weight is 426 g/mol. The monoisotopic (exact) mass is 425 g/mol. The SMILES string of the molecule is NO.Nc1ccc2cccc3c2c1C=CC3N.Nc1ccc2cccc3c2c1C=CC3N. The minimum Gasteiger partial charge on any atom is -0.398 e. The zero-order valence-electron chi connectivity index (χ0n) is 17.6. The highest BCUT2D eigenvalue weighted by Gasteiger charge is 2.16. The van der Waals surface area contributed by atoms with Gasteiger partial charge in [-0.3, -0.25) is 0 Å². The van der Waals surface area contributed by atoms with Crippen molar-refractivity contribution in [2.75, 3.05) is 11.5 Å². The van der Waals surface area contributed by atoms with Gasteiger partial charge in [0.15, 0.2) is 0 Å². The number of hydrogen-bond donors (Lipinski definition) is 6. The molecular weight excluding hydrogens is 398 g/mol. The van der Waals surface area contributed by atoms with Crippen LogP contribution in [0, 0.1) is 0 Å². The molecule has 0 saturated carbocycles. The maximum Gasteiger partial charge on any atom is 0.0490 e. The van der Waals surface area contributed by atoms with Crippen LogP contribution in [0.5, 0.6) is 0 Å². The minimum atomic E-state index is -0.0111. The topological polar surface area (TPSA) is 150 Å². The summed E-state index contributed by atoms with van der Waals surface area (Å²) in [6, 6.07) is 20.4. The second-order valence-electron chi connectivity index (χ2n) is 7.80. The Bertz CT molecular complexity index is 1250. The molecule has 6 rings (SSSR count). The first-order valence-electron chi connectivity index (χ1n) is 10.3. The fraction of sp³-hybridized carbons (Fsp3) is 0.0769. The lowest BCUT2D eigenvalue weighted by Gasteiger charge is -2.19. The molecule has 32 heavy (non-hydrogen) atoms. The van der Waals surface area contributed by atoms with Gasteiger partial charge >= 0.3 is 0 Å². The van der Waals surface area contributed by atoms with Gasteiger partial charge in [0.2, 0.25) is 0 Å². The molecule has 0 aliphatic heterocycles. The molecule has 2 aliphatic carbocycles. The van der Waals surface area contributed by atoms with Crippen molar-refractivity contribution < 1.29 is 5.21 Å². The molecule has 2 aliphatic rings. The second-order valence-corrected chi connectivity index (χ2v) is 7.80. The molecule has 4 aromatic carbocycles. The van der Waals surface area contributed by atoms with E-state index in [9.17, 15) is 0 Å². The third-order valence-corrected chi connectivity index (χ3v) is 5.96. The summed E-state index contributed by atoms with van der Waals surface area (Å²) in [5.74, 6) is 3.50. The summed E-state index contributed by atoms with van der Waals surface area (Å²) < 4.78 is 0. The van der Waals surface area contributed by atoms with E-state index in [0.29, 0.717) is 0 Å². The van der Waals surface area contributed by atoms with E-state index in [4.69, 9.17) is 28.1 Å². The minimum absolute atomic E-state index is 0.0111. The van der Waals surface area contributed by atoms with Crippen LogP contribution in [0.1, 0.15) is 34.3 Å². The van der Waals surface area contributed by atoms with Crippen LogP contribution in [0.15, 0.2) is 72.8 Å². The summed E-state index contributed by atoms with van der Waals surface area (Å²) in [5.41, 5.74) is 30.1. The summed E-state index contributed by atoms with van der Waals surface area (Å²) in [7, 11) is 0. The highest BCUT2D eigenvalue weighted by Crippen LogP contribution is 2.36. The van der Waals surface area contributed by atoms with Crippen LogP contribution >= 0.6 is 0 Å². The molecule has 0 spiro atoms. The Morgan fingerprint density at radius 2 is 0.969 bits per heavy atom. The van der Waals surface area contributed by atoms with Crippen molar-refractivity contribution in [1.82, 2.24) is 0 Å². The number of nitrogens with two attached hydrogens (primary N) is 5. The molecule has 0 saturated heterocycles. The maximum atomic E-state index is 6.50. The number of nitrogen functional groups attached to an aromatic ring is 2. The molecule has 4 aromatic rings. The third-order valence-electron chi connectivity index (χ3n) is 5.96. The zero-order chi connectivity index (χ0) is 22.8. The summed E-state index contributed by atoms with van der Waals surface area (Å²) in [5, 5.41) is 11.3. The molecule has 0 radical (unpaired) electrons. The van der Waals surface area contributed by atoms with Gasteiger partial charge in [0.05, 0.1) is 0 Å². The largest absolute Gasteiger partial charge is 0.398 e. The van der Waals surface area contributed by atoms with E-state index >= 15 is 0 Å². The zero-order valence-corrected chi connectivity index (χ0v) is 17.6. The van der Waals surface area contributed by atoms with Gasteiger partial charge < -0.3 is 28.1 Å². The average Bonchev–Trinajstić information content (AvgIpc) is 2.83. The van der Waals surface area contributed by atoms with Crippen molar-refractivity contribution in [2.24, 2.45) is 17.4 Å². The van der Waals surface area contributed by atoms with E-state index in [-0.39, 0.29) is 12.1 Å². The van der Waals surface area contributed by atoms with Gasteiger partial charge in [0.1, 0.15) is 0 Å². The molecule has 0 amide bonds. The van der Waals surface area contributed by atoms with Crippen molar-refractivity contribution in [3.05, 3.63) is 95.1 Å². The van der Waals surface area contributed by atoms with E-state index in [1.807, 2.05) is 60.7 Å². The Kier molecular flexibility index (Phi) is 5.94. The van der Waals surface area contributed by atoms with Crippen LogP contribution in [0.25, 0.3) is 33.7 Å².